The average molecular weight is 492 g/mol. The number of aliphatic imine (C=N–C) groups is 1. The van der Waals surface area contributed by atoms with Crippen molar-refractivity contribution in [3.8, 4) is 0 Å². The SMILES string of the molecule is CCOC(=O)CN1C(=O)[C@@H](NC(=O)OCc2ccccc2)N=C(C2CCCCC2)c2cccc(C)c21. The lowest BCUT2D eigenvalue weighted by atomic mass is 9.82. The van der Waals surface area contributed by atoms with Crippen molar-refractivity contribution in [2.45, 2.75) is 58.7 Å². The molecule has 0 bridgehead atoms. The zero-order chi connectivity index (χ0) is 25.5. The van der Waals surface area contributed by atoms with E-state index in [0.717, 1.165) is 48.1 Å². The van der Waals surface area contributed by atoms with Crippen molar-refractivity contribution >= 4 is 29.4 Å². The minimum atomic E-state index is -1.22. The van der Waals surface area contributed by atoms with Crippen LogP contribution in [0, 0.1) is 12.8 Å². The first-order valence-electron chi connectivity index (χ1n) is 12.6. The summed E-state index contributed by atoms with van der Waals surface area (Å²) in [6.45, 7) is 3.63. The van der Waals surface area contributed by atoms with Crippen LogP contribution in [0.15, 0.2) is 53.5 Å². The van der Waals surface area contributed by atoms with Gasteiger partial charge in [0.25, 0.3) is 5.91 Å². The number of alkyl carbamates (subject to hydrolysis) is 1. The number of benzodiazepines with no additional fused rings is 1. The van der Waals surface area contributed by atoms with E-state index >= 15 is 0 Å². The van der Waals surface area contributed by atoms with Crippen molar-refractivity contribution in [2.75, 3.05) is 18.1 Å². The minimum Gasteiger partial charge on any atom is -0.465 e. The number of amides is 2. The van der Waals surface area contributed by atoms with Crippen LogP contribution >= 0.6 is 0 Å². The fourth-order valence-corrected chi connectivity index (χ4v) is 4.91. The molecule has 2 aliphatic rings. The number of para-hydroxylation sites is 1. The molecule has 2 aromatic rings. The Morgan fingerprint density at radius 3 is 2.50 bits per heavy atom. The number of anilines is 1. The fraction of sp³-hybridized carbons (Fsp3) is 0.429. The number of hydrogen-bond donors (Lipinski definition) is 1. The molecule has 0 saturated heterocycles. The Balaban J connectivity index is 1.67. The van der Waals surface area contributed by atoms with Gasteiger partial charge in [0.05, 0.1) is 18.0 Å². The third kappa shape index (κ3) is 5.93. The molecule has 1 aliphatic heterocycles. The molecular formula is C28H33N3O5. The van der Waals surface area contributed by atoms with E-state index in [4.69, 9.17) is 14.5 Å². The molecule has 1 heterocycles. The van der Waals surface area contributed by atoms with Crippen LogP contribution in [-0.4, -0.2) is 43.0 Å². The van der Waals surface area contributed by atoms with E-state index in [1.807, 2.05) is 55.5 Å². The van der Waals surface area contributed by atoms with Gasteiger partial charge in [-0.15, -0.1) is 0 Å². The number of nitrogens with zero attached hydrogens (tertiary/aromatic N) is 2. The second-order valence-corrected chi connectivity index (χ2v) is 9.16. The van der Waals surface area contributed by atoms with Crippen molar-refractivity contribution in [1.82, 2.24) is 5.32 Å². The van der Waals surface area contributed by atoms with Crippen molar-refractivity contribution in [3.63, 3.8) is 0 Å². The molecule has 2 amide bonds. The van der Waals surface area contributed by atoms with E-state index in [9.17, 15) is 14.4 Å². The van der Waals surface area contributed by atoms with Crippen LogP contribution in [0.5, 0.6) is 0 Å². The molecule has 0 spiro atoms. The van der Waals surface area contributed by atoms with Crippen molar-refractivity contribution in [1.29, 1.82) is 0 Å². The molecule has 1 aliphatic carbocycles. The summed E-state index contributed by atoms with van der Waals surface area (Å²) in [5.74, 6) is -0.855. The Morgan fingerprint density at radius 2 is 1.78 bits per heavy atom. The molecule has 1 N–H and O–H groups in total. The summed E-state index contributed by atoms with van der Waals surface area (Å²) in [6.07, 6.45) is 3.30. The van der Waals surface area contributed by atoms with Gasteiger partial charge in [0.1, 0.15) is 13.2 Å². The van der Waals surface area contributed by atoms with Crippen LogP contribution in [0.2, 0.25) is 0 Å². The van der Waals surface area contributed by atoms with Crippen LogP contribution < -0.4 is 10.2 Å². The number of hydrogen-bond acceptors (Lipinski definition) is 6. The zero-order valence-corrected chi connectivity index (χ0v) is 20.9. The quantitative estimate of drug-likeness (QED) is 0.574. The van der Waals surface area contributed by atoms with E-state index in [2.05, 4.69) is 5.32 Å². The van der Waals surface area contributed by atoms with Gasteiger partial charge in [-0.2, -0.15) is 0 Å². The molecule has 190 valence electrons. The highest BCUT2D eigenvalue weighted by Gasteiger charge is 2.37. The maximum absolute atomic E-state index is 13.8. The summed E-state index contributed by atoms with van der Waals surface area (Å²) < 4.78 is 10.5. The molecule has 1 fully saturated rings. The smallest absolute Gasteiger partial charge is 0.409 e. The number of ether oxygens (including phenoxy) is 2. The molecule has 0 aromatic heterocycles. The number of benzene rings is 2. The van der Waals surface area contributed by atoms with E-state index < -0.39 is 24.1 Å². The summed E-state index contributed by atoms with van der Waals surface area (Å²) in [4.78, 5) is 45.2. The van der Waals surface area contributed by atoms with Crippen molar-refractivity contribution in [2.24, 2.45) is 10.9 Å². The van der Waals surface area contributed by atoms with Crippen LogP contribution in [0.3, 0.4) is 0 Å². The maximum Gasteiger partial charge on any atom is 0.409 e. The number of carbonyl (C=O) groups is 3. The van der Waals surface area contributed by atoms with Gasteiger partial charge in [-0.25, -0.2) is 4.79 Å². The van der Waals surface area contributed by atoms with Gasteiger partial charge in [-0.05, 0) is 37.8 Å². The minimum absolute atomic E-state index is 0.0681. The Morgan fingerprint density at radius 1 is 1.03 bits per heavy atom. The van der Waals surface area contributed by atoms with Gasteiger partial charge < -0.3 is 9.47 Å². The molecule has 8 nitrogen and oxygen atoms in total. The topological polar surface area (TPSA) is 97.3 Å². The first-order chi connectivity index (χ1) is 17.5. The van der Waals surface area contributed by atoms with Gasteiger partial charge in [0, 0.05) is 11.5 Å². The van der Waals surface area contributed by atoms with Gasteiger partial charge in [0.15, 0.2) is 0 Å². The number of esters is 1. The number of fused-ring (bicyclic) bond motifs is 1. The lowest BCUT2D eigenvalue weighted by molar-refractivity contribution is -0.142. The highest BCUT2D eigenvalue weighted by molar-refractivity contribution is 6.15. The van der Waals surface area contributed by atoms with Gasteiger partial charge in [0.2, 0.25) is 6.17 Å². The predicted octanol–water partition coefficient (Wildman–Crippen LogP) is 4.53. The first-order valence-corrected chi connectivity index (χ1v) is 12.6. The predicted molar refractivity (Wildman–Crippen MR) is 137 cm³/mol. The third-order valence-electron chi connectivity index (χ3n) is 6.60. The second kappa shape index (κ2) is 11.8. The fourth-order valence-electron chi connectivity index (χ4n) is 4.91. The molecular weight excluding hydrogens is 458 g/mol. The van der Waals surface area contributed by atoms with Gasteiger partial charge in [-0.1, -0.05) is 67.8 Å². The molecule has 1 atom stereocenters. The summed E-state index contributed by atoms with van der Waals surface area (Å²) in [6, 6.07) is 15.1. The Kier molecular flexibility index (Phi) is 8.36. The van der Waals surface area contributed by atoms with Gasteiger partial charge in [-0.3, -0.25) is 24.8 Å². The summed E-state index contributed by atoms with van der Waals surface area (Å²) >= 11 is 0. The first kappa shape index (κ1) is 25.4. The second-order valence-electron chi connectivity index (χ2n) is 9.16. The highest BCUT2D eigenvalue weighted by Crippen LogP contribution is 2.35. The van der Waals surface area contributed by atoms with E-state index in [-0.39, 0.29) is 25.7 Å². The molecule has 2 aromatic carbocycles. The molecule has 0 unspecified atom stereocenters. The lowest BCUT2D eigenvalue weighted by Gasteiger charge is -2.27. The summed E-state index contributed by atoms with van der Waals surface area (Å²) in [7, 11) is 0. The Hall–Kier alpha value is -3.68. The van der Waals surface area contributed by atoms with Crippen molar-refractivity contribution < 1.29 is 23.9 Å². The number of rotatable bonds is 7. The number of carbonyl (C=O) groups excluding carboxylic acids is 3. The third-order valence-corrected chi connectivity index (χ3v) is 6.60. The maximum atomic E-state index is 13.8. The van der Waals surface area contributed by atoms with Crippen molar-refractivity contribution in [3.05, 3.63) is 65.2 Å². The summed E-state index contributed by atoms with van der Waals surface area (Å²) in [5, 5.41) is 2.65. The standard InChI is InChI=1S/C28H33N3O5/c1-3-35-23(32)17-31-25-19(2)11-10-16-22(25)24(21-14-8-5-9-15-21)29-26(27(31)33)30-28(34)36-18-20-12-6-4-7-13-20/h4,6-7,10-13,16,21,26H,3,5,8-9,14-15,17-18H2,1-2H3,(H,30,34)/t26-/m1/s1. The van der Waals surface area contributed by atoms with Crippen LogP contribution in [0.1, 0.15) is 55.7 Å². The number of aryl methyl sites for hydroxylation is 1. The molecule has 1 saturated carbocycles. The monoisotopic (exact) mass is 491 g/mol. The average Bonchev–Trinajstić information content (AvgIpc) is 3.00. The molecule has 4 rings (SSSR count). The van der Waals surface area contributed by atoms with E-state index in [1.54, 1.807) is 6.92 Å². The molecule has 36 heavy (non-hydrogen) atoms. The lowest BCUT2D eigenvalue weighted by Crippen LogP contribution is -2.49. The Bertz CT molecular complexity index is 1130. The molecule has 8 heteroatoms. The zero-order valence-electron chi connectivity index (χ0n) is 20.9. The van der Waals surface area contributed by atoms with E-state index in [1.165, 1.54) is 11.3 Å². The van der Waals surface area contributed by atoms with E-state index in [0.29, 0.717) is 5.69 Å². The molecule has 0 radical (unpaired) electrons. The van der Waals surface area contributed by atoms with Crippen LogP contribution in [0.4, 0.5) is 10.5 Å². The largest absolute Gasteiger partial charge is 0.465 e. The highest BCUT2D eigenvalue weighted by atomic mass is 16.5. The van der Waals surface area contributed by atoms with Gasteiger partial charge >= 0.3 is 12.1 Å². The normalized spacial score (nSPS) is 18.1. The summed E-state index contributed by atoms with van der Waals surface area (Å²) in [5.41, 5.74) is 3.93. The van der Waals surface area contributed by atoms with Crippen LogP contribution in [0.25, 0.3) is 0 Å². The number of nitrogens with one attached hydrogen (secondary N) is 1. The van der Waals surface area contributed by atoms with Crippen LogP contribution in [-0.2, 0) is 25.7 Å². The Labute approximate surface area is 211 Å².